The molecule has 0 atom stereocenters. The Morgan fingerprint density at radius 3 is 3.00 bits per heavy atom. The molecule has 6 nitrogen and oxygen atoms in total. The van der Waals surface area contributed by atoms with E-state index in [-0.39, 0.29) is 6.03 Å². The summed E-state index contributed by atoms with van der Waals surface area (Å²) in [5.41, 5.74) is 2.42. The average molecular weight is 245 g/mol. The molecule has 2 heterocycles. The third-order valence-electron chi connectivity index (χ3n) is 3.03. The normalized spacial score (nSPS) is 14.8. The van der Waals surface area contributed by atoms with Crippen molar-refractivity contribution in [2.75, 3.05) is 5.32 Å². The number of amides is 2. The minimum absolute atomic E-state index is 0.166. The first-order valence-corrected chi connectivity index (χ1v) is 6.00. The predicted octanol–water partition coefficient (Wildman–Crippen LogP) is 1.56. The van der Waals surface area contributed by atoms with Crippen LogP contribution in [0.2, 0.25) is 0 Å². The number of pyridine rings is 1. The molecule has 2 amide bonds. The number of anilines is 1. The van der Waals surface area contributed by atoms with E-state index in [9.17, 15) is 4.79 Å². The summed E-state index contributed by atoms with van der Waals surface area (Å²) in [5, 5.41) is 10.9. The maximum atomic E-state index is 11.6. The Kier molecular flexibility index (Phi) is 2.43. The summed E-state index contributed by atoms with van der Waals surface area (Å²) in [6.07, 6.45) is 3.80. The number of urea groups is 1. The van der Waals surface area contributed by atoms with E-state index in [4.69, 9.17) is 0 Å². The molecule has 18 heavy (non-hydrogen) atoms. The summed E-state index contributed by atoms with van der Waals surface area (Å²) in [4.78, 5) is 15.9. The van der Waals surface area contributed by atoms with E-state index >= 15 is 0 Å². The van der Waals surface area contributed by atoms with E-state index in [1.807, 2.05) is 20.0 Å². The van der Waals surface area contributed by atoms with Gasteiger partial charge in [0, 0.05) is 18.5 Å². The van der Waals surface area contributed by atoms with Crippen molar-refractivity contribution in [2.45, 2.75) is 25.8 Å². The molecule has 94 valence electrons. The van der Waals surface area contributed by atoms with Crippen LogP contribution in [0.1, 0.15) is 18.5 Å². The number of aromatic nitrogens is 3. The molecule has 1 fully saturated rings. The summed E-state index contributed by atoms with van der Waals surface area (Å²) in [6.45, 7) is 1.93. The predicted molar refractivity (Wildman–Crippen MR) is 68.4 cm³/mol. The molecular formula is C12H15N5O. The number of hydrogen-bond donors (Lipinski definition) is 2. The molecule has 2 aromatic heterocycles. The second-order valence-electron chi connectivity index (χ2n) is 4.68. The minimum Gasteiger partial charge on any atom is -0.335 e. The molecule has 3 rings (SSSR count). The minimum atomic E-state index is -0.166. The van der Waals surface area contributed by atoms with E-state index < -0.39 is 0 Å². The Morgan fingerprint density at radius 2 is 2.28 bits per heavy atom. The Balaban J connectivity index is 1.83. The molecule has 0 radical (unpaired) electrons. The van der Waals surface area contributed by atoms with Crippen molar-refractivity contribution < 1.29 is 4.79 Å². The van der Waals surface area contributed by atoms with Crippen LogP contribution >= 0.6 is 0 Å². The number of nitrogens with one attached hydrogen (secondary N) is 2. The third kappa shape index (κ3) is 2.01. The lowest BCUT2D eigenvalue weighted by Gasteiger charge is -2.06. The van der Waals surface area contributed by atoms with Crippen molar-refractivity contribution in [2.24, 2.45) is 7.05 Å². The number of rotatable bonds is 2. The van der Waals surface area contributed by atoms with Gasteiger partial charge in [0.15, 0.2) is 5.65 Å². The first kappa shape index (κ1) is 11.0. The summed E-state index contributed by atoms with van der Waals surface area (Å²) >= 11 is 0. The van der Waals surface area contributed by atoms with Gasteiger partial charge in [-0.05, 0) is 25.8 Å². The van der Waals surface area contributed by atoms with Gasteiger partial charge in [-0.1, -0.05) is 0 Å². The van der Waals surface area contributed by atoms with Crippen molar-refractivity contribution in [3.05, 3.63) is 18.0 Å². The van der Waals surface area contributed by atoms with Gasteiger partial charge in [0.2, 0.25) is 0 Å². The highest BCUT2D eigenvalue weighted by Crippen LogP contribution is 2.20. The van der Waals surface area contributed by atoms with Crippen LogP contribution in [0, 0.1) is 6.92 Å². The standard InChI is InChI=1S/C12H15N5O/c1-7-10-5-9(6-13-11(10)17(2)16-7)15-12(18)14-8-3-4-8/h5-6,8H,3-4H2,1-2H3,(H2,14,15,18). The highest BCUT2D eigenvalue weighted by Gasteiger charge is 2.23. The van der Waals surface area contributed by atoms with Crippen molar-refractivity contribution in [3.63, 3.8) is 0 Å². The van der Waals surface area contributed by atoms with E-state index in [2.05, 4.69) is 20.7 Å². The number of nitrogens with zero attached hydrogens (tertiary/aromatic N) is 3. The van der Waals surface area contributed by atoms with Crippen LogP contribution in [0.3, 0.4) is 0 Å². The zero-order valence-corrected chi connectivity index (χ0v) is 10.4. The van der Waals surface area contributed by atoms with Gasteiger partial charge in [-0.3, -0.25) is 4.68 Å². The lowest BCUT2D eigenvalue weighted by Crippen LogP contribution is -2.30. The summed E-state index contributed by atoms with van der Waals surface area (Å²) in [7, 11) is 1.86. The van der Waals surface area contributed by atoms with E-state index in [1.54, 1.807) is 10.9 Å². The zero-order valence-electron chi connectivity index (χ0n) is 10.4. The van der Waals surface area contributed by atoms with Crippen molar-refractivity contribution >= 4 is 22.8 Å². The number of carbonyl (C=O) groups excluding carboxylic acids is 1. The van der Waals surface area contributed by atoms with Gasteiger partial charge in [0.1, 0.15) is 0 Å². The molecule has 0 spiro atoms. The van der Waals surface area contributed by atoms with Crippen LogP contribution in [-0.4, -0.2) is 26.8 Å². The lowest BCUT2D eigenvalue weighted by molar-refractivity contribution is 0.251. The molecule has 0 unspecified atom stereocenters. The molecule has 0 aliphatic heterocycles. The van der Waals surface area contributed by atoms with Gasteiger partial charge in [0.25, 0.3) is 0 Å². The second kappa shape index (κ2) is 3.97. The van der Waals surface area contributed by atoms with Crippen LogP contribution in [0.15, 0.2) is 12.3 Å². The summed E-state index contributed by atoms with van der Waals surface area (Å²) in [5.74, 6) is 0. The fraction of sp³-hybridized carbons (Fsp3) is 0.417. The molecule has 6 heteroatoms. The molecule has 1 aliphatic carbocycles. The van der Waals surface area contributed by atoms with E-state index in [0.29, 0.717) is 11.7 Å². The van der Waals surface area contributed by atoms with Gasteiger partial charge in [0.05, 0.1) is 17.6 Å². The molecule has 0 bridgehead atoms. The first-order valence-electron chi connectivity index (χ1n) is 6.00. The molecule has 2 N–H and O–H groups in total. The second-order valence-corrected chi connectivity index (χ2v) is 4.68. The van der Waals surface area contributed by atoms with Crippen molar-refractivity contribution in [1.82, 2.24) is 20.1 Å². The topological polar surface area (TPSA) is 71.8 Å². The SMILES string of the molecule is Cc1nn(C)c2ncc(NC(=O)NC3CC3)cc12. The Morgan fingerprint density at radius 1 is 1.50 bits per heavy atom. The smallest absolute Gasteiger partial charge is 0.319 e. The monoisotopic (exact) mass is 245 g/mol. The largest absolute Gasteiger partial charge is 0.335 e. The maximum Gasteiger partial charge on any atom is 0.319 e. The van der Waals surface area contributed by atoms with Gasteiger partial charge < -0.3 is 10.6 Å². The summed E-state index contributed by atoms with van der Waals surface area (Å²) in [6, 6.07) is 2.08. The quantitative estimate of drug-likeness (QED) is 0.843. The van der Waals surface area contributed by atoms with Crippen LogP contribution in [0.4, 0.5) is 10.5 Å². The third-order valence-corrected chi connectivity index (χ3v) is 3.03. The van der Waals surface area contributed by atoms with Crippen LogP contribution in [-0.2, 0) is 7.05 Å². The molecule has 1 saturated carbocycles. The highest BCUT2D eigenvalue weighted by molar-refractivity contribution is 5.92. The lowest BCUT2D eigenvalue weighted by atomic mass is 10.2. The number of aryl methyl sites for hydroxylation is 2. The van der Waals surface area contributed by atoms with E-state index in [0.717, 1.165) is 29.6 Å². The molecule has 0 saturated heterocycles. The van der Waals surface area contributed by atoms with Gasteiger partial charge >= 0.3 is 6.03 Å². The highest BCUT2D eigenvalue weighted by atomic mass is 16.2. The Labute approximate surface area is 104 Å². The van der Waals surface area contributed by atoms with Crippen LogP contribution < -0.4 is 10.6 Å². The van der Waals surface area contributed by atoms with Crippen molar-refractivity contribution in [3.8, 4) is 0 Å². The zero-order chi connectivity index (χ0) is 12.7. The maximum absolute atomic E-state index is 11.6. The average Bonchev–Trinajstić information content (AvgIpc) is 3.07. The first-order chi connectivity index (χ1) is 8.63. The van der Waals surface area contributed by atoms with Crippen molar-refractivity contribution in [1.29, 1.82) is 0 Å². The fourth-order valence-corrected chi connectivity index (χ4v) is 1.96. The molecular weight excluding hydrogens is 230 g/mol. The van der Waals surface area contributed by atoms with Crippen LogP contribution in [0.5, 0.6) is 0 Å². The number of fused-ring (bicyclic) bond motifs is 1. The van der Waals surface area contributed by atoms with E-state index in [1.165, 1.54) is 0 Å². The Bertz CT molecular complexity index is 614. The number of hydrogen-bond acceptors (Lipinski definition) is 3. The Hall–Kier alpha value is -2.11. The van der Waals surface area contributed by atoms with Gasteiger partial charge in [-0.2, -0.15) is 5.10 Å². The molecule has 1 aliphatic rings. The fourth-order valence-electron chi connectivity index (χ4n) is 1.96. The summed E-state index contributed by atoms with van der Waals surface area (Å²) < 4.78 is 1.73. The molecule has 0 aromatic carbocycles. The molecule has 2 aromatic rings. The van der Waals surface area contributed by atoms with Gasteiger partial charge in [-0.25, -0.2) is 9.78 Å². The number of carbonyl (C=O) groups is 1. The van der Waals surface area contributed by atoms with Gasteiger partial charge in [-0.15, -0.1) is 0 Å². The van der Waals surface area contributed by atoms with Crippen LogP contribution in [0.25, 0.3) is 11.0 Å².